The summed E-state index contributed by atoms with van der Waals surface area (Å²) in [7, 11) is 1.63. The Balaban J connectivity index is 2.35. The van der Waals surface area contributed by atoms with Crippen LogP contribution < -0.4 is 4.74 Å². The first-order valence-electron chi connectivity index (χ1n) is 6.87. The number of pyridine rings is 1. The smallest absolute Gasteiger partial charge is 0.118 e. The summed E-state index contributed by atoms with van der Waals surface area (Å²) in [5, 5.41) is 11.0. The summed E-state index contributed by atoms with van der Waals surface area (Å²) in [5.74, 6) is 0.743. The number of nitrogens with zero attached hydrogens (tertiary/aromatic N) is 1. The number of benzene rings is 1. The maximum atomic E-state index is 11.0. The van der Waals surface area contributed by atoms with E-state index < -0.39 is 5.60 Å². The molecule has 0 aliphatic rings. The van der Waals surface area contributed by atoms with Gasteiger partial charge in [-0.1, -0.05) is 25.1 Å². The lowest BCUT2D eigenvalue weighted by Crippen LogP contribution is -2.30. The molecule has 1 aromatic carbocycles. The molecular weight excluding hydrogens is 250 g/mol. The third kappa shape index (κ3) is 2.83. The van der Waals surface area contributed by atoms with Crippen molar-refractivity contribution in [2.75, 3.05) is 7.11 Å². The van der Waals surface area contributed by atoms with Crippen LogP contribution in [0.2, 0.25) is 0 Å². The highest BCUT2D eigenvalue weighted by molar-refractivity contribution is 5.33. The second-order valence-corrected chi connectivity index (χ2v) is 5.09. The van der Waals surface area contributed by atoms with Crippen LogP contribution in [-0.4, -0.2) is 17.2 Å². The average molecular weight is 271 g/mol. The molecule has 2 aromatic rings. The van der Waals surface area contributed by atoms with Crippen LogP contribution in [-0.2, 0) is 5.60 Å². The largest absolute Gasteiger partial charge is 0.497 e. The van der Waals surface area contributed by atoms with Gasteiger partial charge in [-0.25, -0.2) is 0 Å². The van der Waals surface area contributed by atoms with Gasteiger partial charge in [-0.05, 0) is 43.2 Å². The van der Waals surface area contributed by atoms with Crippen molar-refractivity contribution in [3.05, 3.63) is 59.9 Å². The Morgan fingerprint density at radius 3 is 2.40 bits per heavy atom. The number of ether oxygens (including phenoxy) is 1. The van der Waals surface area contributed by atoms with E-state index in [1.165, 1.54) is 0 Å². The first-order valence-corrected chi connectivity index (χ1v) is 6.87. The quantitative estimate of drug-likeness (QED) is 0.905. The van der Waals surface area contributed by atoms with Gasteiger partial charge in [0, 0.05) is 17.8 Å². The van der Waals surface area contributed by atoms with Gasteiger partial charge < -0.3 is 9.84 Å². The molecule has 106 valence electrons. The second kappa shape index (κ2) is 6.06. The van der Waals surface area contributed by atoms with Crippen molar-refractivity contribution >= 4 is 0 Å². The van der Waals surface area contributed by atoms with Crippen LogP contribution in [0.3, 0.4) is 0 Å². The monoisotopic (exact) mass is 271 g/mol. The van der Waals surface area contributed by atoms with Crippen LogP contribution in [0.1, 0.15) is 37.4 Å². The number of hydrogen-bond donors (Lipinski definition) is 1. The van der Waals surface area contributed by atoms with Gasteiger partial charge in [0.2, 0.25) is 0 Å². The normalized spacial score (nSPS) is 15.4. The predicted octanol–water partition coefficient (Wildman–Crippen LogP) is 3.49. The topological polar surface area (TPSA) is 42.4 Å². The molecule has 3 heteroatoms. The molecule has 0 saturated heterocycles. The minimum Gasteiger partial charge on any atom is -0.497 e. The van der Waals surface area contributed by atoms with E-state index in [0.717, 1.165) is 23.4 Å². The molecule has 1 N–H and O–H groups in total. The molecule has 3 nitrogen and oxygen atoms in total. The number of methoxy groups -OCH3 is 1. The predicted molar refractivity (Wildman–Crippen MR) is 79.8 cm³/mol. The van der Waals surface area contributed by atoms with Crippen LogP contribution in [0.4, 0.5) is 0 Å². The molecule has 0 spiro atoms. The molecule has 1 aromatic heterocycles. The lowest BCUT2D eigenvalue weighted by Gasteiger charge is -2.32. The summed E-state index contributed by atoms with van der Waals surface area (Å²) in [4.78, 5) is 4.39. The third-order valence-corrected chi connectivity index (χ3v) is 3.81. The van der Waals surface area contributed by atoms with E-state index in [-0.39, 0.29) is 5.92 Å². The molecule has 2 atom stereocenters. The molecule has 2 rings (SSSR count). The molecular formula is C17H21NO2. The van der Waals surface area contributed by atoms with Gasteiger partial charge in [0.25, 0.3) is 0 Å². The van der Waals surface area contributed by atoms with Crippen LogP contribution in [0, 0.1) is 0 Å². The molecule has 0 fully saturated rings. The minimum absolute atomic E-state index is 0.0444. The lowest BCUT2D eigenvalue weighted by molar-refractivity contribution is 0.0235. The Labute approximate surface area is 120 Å². The fraction of sp³-hybridized carbons (Fsp3) is 0.353. The lowest BCUT2D eigenvalue weighted by atomic mass is 9.79. The Bertz CT molecular complexity index is 535. The van der Waals surface area contributed by atoms with Crippen LogP contribution in [0.25, 0.3) is 0 Å². The zero-order chi connectivity index (χ0) is 14.6. The van der Waals surface area contributed by atoms with E-state index in [1.54, 1.807) is 13.3 Å². The molecule has 0 amide bonds. The van der Waals surface area contributed by atoms with Gasteiger partial charge in [-0.2, -0.15) is 0 Å². The third-order valence-electron chi connectivity index (χ3n) is 3.81. The molecule has 1 heterocycles. The van der Waals surface area contributed by atoms with Crippen molar-refractivity contribution in [2.24, 2.45) is 0 Å². The summed E-state index contributed by atoms with van der Waals surface area (Å²) < 4.78 is 5.16. The van der Waals surface area contributed by atoms with Crippen molar-refractivity contribution in [3.63, 3.8) is 0 Å². The molecule has 20 heavy (non-hydrogen) atoms. The summed E-state index contributed by atoms with van der Waals surface area (Å²) in [6.45, 7) is 3.91. The van der Waals surface area contributed by atoms with Gasteiger partial charge in [-0.3, -0.25) is 4.98 Å². The Morgan fingerprint density at radius 1 is 1.20 bits per heavy atom. The van der Waals surface area contributed by atoms with Crippen molar-refractivity contribution in [1.29, 1.82) is 0 Å². The molecule has 0 saturated carbocycles. The Kier molecular flexibility index (Phi) is 4.40. The zero-order valence-corrected chi connectivity index (χ0v) is 12.2. The minimum atomic E-state index is -0.963. The van der Waals surface area contributed by atoms with E-state index in [0.29, 0.717) is 0 Å². The zero-order valence-electron chi connectivity index (χ0n) is 12.2. The van der Waals surface area contributed by atoms with Crippen molar-refractivity contribution in [3.8, 4) is 5.75 Å². The summed E-state index contributed by atoms with van der Waals surface area (Å²) >= 11 is 0. The SMILES string of the molecule is CC[C@H](c1ccccn1)[C@@](C)(O)c1ccc(OC)cc1. The number of rotatable bonds is 5. The van der Waals surface area contributed by atoms with E-state index in [9.17, 15) is 5.11 Å². The summed E-state index contributed by atoms with van der Waals surface area (Å²) in [6.07, 6.45) is 2.58. The fourth-order valence-electron chi connectivity index (χ4n) is 2.61. The summed E-state index contributed by atoms with van der Waals surface area (Å²) in [5.41, 5.74) is 0.821. The highest BCUT2D eigenvalue weighted by Gasteiger charge is 2.34. The van der Waals surface area contributed by atoms with Gasteiger partial charge in [0.05, 0.1) is 12.7 Å². The standard InChI is InChI=1S/C17H21NO2/c1-4-15(16-7-5-6-12-18-16)17(2,19)13-8-10-14(20-3)11-9-13/h5-12,15,19H,4H2,1-3H3/t15-,17+/m1/s1. The molecule has 0 aliphatic carbocycles. The number of aliphatic hydroxyl groups is 1. The van der Waals surface area contributed by atoms with E-state index in [4.69, 9.17) is 4.74 Å². The second-order valence-electron chi connectivity index (χ2n) is 5.09. The van der Waals surface area contributed by atoms with E-state index in [2.05, 4.69) is 11.9 Å². The summed E-state index contributed by atoms with van der Waals surface area (Å²) in [6, 6.07) is 13.4. The van der Waals surface area contributed by atoms with Gasteiger partial charge in [0.15, 0.2) is 0 Å². The van der Waals surface area contributed by atoms with E-state index in [1.807, 2.05) is 49.4 Å². The van der Waals surface area contributed by atoms with Crippen LogP contribution in [0.5, 0.6) is 5.75 Å². The van der Waals surface area contributed by atoms with E-state index >= 15 is 0 Å². The maximum absolute atomic E-state index is 11.0. The maximum Gasteiger partial charge on any atom is 0.118 e. The first kappa shape index (κ1) is 14.5. The van der Waals surface area contributed by atoms with Crippen molar-refractivity contribution < 1.29 is 9.84 Å². The number of aromatic nitrogens is 1. The highest BCUT2D eigenvalue weighted by atomic mass is 16.5. The Morgan fingerprint density at radius 2 is 1.90 bits per heavy atom. The van der Waals surface area contributed by atoms with Crippen LogP contribution >= 0.6 is 0 Å². The van der Waals surface area contributed by atoms with Crippen LogP contribution in [0.15, 0.2) is 48.7 Å². The average Bonchev–Trinajstić information content (AvgIpc) is 2.49. The fourth-order valence-corrected chi connectivity index (χ4v) is 2.61. The van der Waals surface area contributed by atoms with Crippen molar-refractivity contribution in [2.45, 2.75) is 31.8 Å². The Hall–Kier alpha value is -1.87. The molecule has 0 radical (unpaired) electrons. The highest BCUT2D eigenvalue weighted by Crippen LogP contribution is 2.38. The molecule has 0 bridgehead atoms. The van der Waals surface area contributed by atoms with Crippen molar-refractivity contribution in [1.82, 2.24) is 4.98 Å². The molecule has 0 unspecified atom stereocenters. The van der Waals surface area contributed by atoms with Gasteiger partial charge in [-0.15, -0.1) is 0 Å². The first-order chi connectivity index (χ1) is 9.59. The van der Waals surface area contributed by atoms with Gasteiger partial charge in [0.1, 0.15) is 5.75 Å². The molecule has 0 aliphatic heterocycles. The number of hydrogen-bond acceptors (Lipinski definition) is 3. The van der Waals surface area contributed by atoms with Gasteiger partial charge >= 0.3 is 0 Å².